The van der Waals surface area contributed by atoms with Gasteiger partial charge in [-0.05, 0) is 65.5 Å². The van der Waals surface area contributed by atoms with Gasteiger partial charge < -0.3 is 0 Å². The van der Waals surface area contributed by atoms with E-state index < -0.39 is 0 Å². The van der Waals surface area contributed by atoms with Gasteiger partial charge in [-0.15, -0.1) is 12.4 Å². The van der Waals surface area contributed by atoms with Gasteiger partial charge in [-0.3, -0.25) is 4.98 Å². The molecule has 0 spiro atoms. The normalized spacial score (nSPS) is 16.7. The Bertz CT molecular complexity index is 948. The Labute approximate surface area is 173 Å². The van der Waals surface area contributed by atoms with Crippen LogP contribution in [0.15, 0.2) is 48.5 Å². The van der Waals surface area contributed by atoms with E-state index in [2.05, 4.69) is 63.2 Å². The minimum atomic E-state index is 0. The third kappa shape index (κ3) is 3.73. The number of hydrogen-bond acceptors (Lipinski definition) is 1. The molecule has 1 unspecified atom stereocenters. The fourth-order valence-corrected chi connectivity index (χ4v) is 4.47. The summed E-state index contributed by atoms with van der Waals surface area (Å²) in [5.74, 6) is 0.695. The Balaban J connectivity index is 0.00000210. The van der Waals surface area contributed by atoms with Crippen molar-refractivity contribution in [3.8, 4) is 11.1 Å². The number of halogens is 2. The first kappa shape index (κ1) is 20.2. The van der Waals surface area contributed by atoms with Crippen molar-refractivity contribution < 1.29 is 0 Å². The molecule has 2 aromatic carbocycles. The summed E-state index contributed by atoms with van der Waals surface area (Å²) in [6.45, 7) is 7.14. The molecule has 1 nitrogen and oxygen atoms in total. The molecule has 0 saturated heterocycles. The second-order valence-corrected chi connectivity index (χ2v) is 8.66. The van der Waals surface area contributed by atoms with Gasteiger partial charge >= 0.3 is 0 Å². The molecule has 27 heavy (non-hydrogen) atoms. The van der Waals surface area contributed by atoms with Crippen molar-refractivity contribution in [3.05, 3.63) is 64.8 Å². The van der Waals surface area contributed by atoms with Gasteiger partial charge in [-0.1, -0.05) is 69.1 Å². The van der Waals surface area contributed by atoms with E-state index in [-0.39, 0.29) is 12.4 Å². The van der Waals surface area contributed by atoms with Crippen LogP contribution >= 0.6 is 24.0 Å². The summed E-state index contributed by atoms with van der Waals surface area (Å²) in [7, 11) is 0. The first-order chi connectivity index (χ1) is 12.5. The fraction of sp³-hybridized carbons (Fsp3) is 0.375. The zero-order valence-corrected chi connectivity index (χ0v) is 17.8. The summed E-state index contributed by atoms with van der Waals surface area (Å²) >= 11 is 6.36. The molecule has 1 aromatic heterocycles. The van der Waals surface area contributed by atoms with Crippen LogP contribution in [0.3, 0.4) is 0 Å². The molecule has 0 N–H and O–H groups in total. The Morgan fingerprint density at radius 1 is 1.11 bits per heavy atom. The molecule has 0 amide bonds. The lowest BCUT2D eigenvalue weighted by Gasteiger charge is -2.38. The highest BCUT2D eigenvalue weighted by molar-refractivity contribution is 6.31. The number of aromatic nitrogens is 1. The van der Waals surface area contributed by atoms with Crippen molar-refractivity contribution in [2.45, 2.75) is 46.5 Å². The molecule has 3 heteroatoms. The van der Waals surface area contributed by atoms with Crippen molar-refractivity contribution in [3.63, 3.8) is 0 Å². The van der Waals surface area contributed by atoms with Gasteiger partial charge in [-0.25, -0.2) is 0 Å². The van der Waals surface area contributed by atoms with Gasteiger partial charge in [0.2, 0.25) is 0 Å². The lowest BCUT2D eigenvalue weighted by molar-refractivity contribution is 0.182. The van der Waals surface area contributed by atoms with Crippen molar-refractivity contribution in [2.75, 3.05) is 0 Å². The Morgan fingerprint density at radius 2 is 1.85 bits per heavy atom. The van der Waals surface area contributed by atoms with E-state index in [4.69, 9.17) is 16.6 Å². The Kier molecular flexibility index (Phi) is 5.84. The Hall–Kier alpha value is -1.57. The molecule has 3 aromatic rings. The van der Waals surface area contributed by atoms with E-state index in [0.717, 1.165) is 23.4 Å². The van der Waals surface area contributed by atoms with Crippen LogP contribution in [0.4, 0.5) is 0 Å². The molecule has 1 atom stereocenters. The second-order valence-electron chi connectivity index (χ2n) is 8.22. The van der Waals surface area contributed by atoms with Gasteiger partial charge in [0.05, 0.1) is 5.52 Å². The highest BCUT2D eigenvalue weighted by Gasteiger charge is 2.33. The van der Waals surface area contributed by atoms with Crippen LogP contribution in [0.2, 0.25) is 5.02 Å². The molecule has 0 fully saturated rings. The van der Waals surface area contributed by atoms with Crippen molar-refractivity contribution in [2.24, 2.45) is 11.3 Å². The zero-order valence-electron chi connectivity index (χ0n) is 16.3. The van der Waals surface area contributed by atoms with Crippen molar-refractivity contribution in [1.82, 2.24) is 4.98 Å². The Morgan fingerprint density at radius 3 is 2.56 bits per heavy atom. The molecular formula is C24H27Cl2N. The smallest absolute Gasteiger partial charge is 0.0712 e. The number of rotatable bonds is 3. The van der Waals surface area contributed by atoms with E-state index in [0.29, 0.717) is 11.3 Å². The quantitative estimate of drug-likeness (QED) is 0.443. The molecular weight excluding hydrogens is 373 g/mol. The van der Waals surface area contributed by atoms with Gasteiger partial charge in [0.1, 0.15) is 0 Å². The number of benzene rings is 2. The maximum atomic E-state index is 6.36. The van der Waals surface area contributed by atoms with Crippen LogP contribution in [0.25, 0.3) is 22.0 Å². The molecule has 1 aliphatic carbocycles. The van der Waals surface area contributed by atoms with E-state index in [1.54, 1.807) is 0 Å². The second kappa shape index (κ2) is 7.81. The van der Waals surface area contributed by atoms with E-state index in [1.165, 1.54) is 40.6 Å². The number of hydrogen-bond donors (Lipinski definition) is 0. The van der Waals surface area contributed by atoms with E-state index in [1.807, 2.05) is 6.07 Å². The van der Waals surface area contributed by atoms with Crippen LogP contribution in [-0.2, 0) is 12.8 Å². The SMILES string of the molecule is CCC(C)(C)C1CCc2nc3ccc(Cl)cc3c(-c3ccccc3)c2C1.Cl. The zero-order chi connectivity index (χ0) is 18.3. The minimum Gasteiger partial charge on any atom is -0.253 e. The number of aryl methyl sites for hydroxylation is 1. The maximum absolute atomic E-state index is 6.36. The van der Waals surface area contributed by atoms with Crippen molar-refractivity contribution in [1.29, 1.82) is 0 Å². The maximum Gasteiger partial charge on any atom is 0.0712 e. The molecule has 4 rings (SSSR count). The van der Waals surface area contributed by atoms with Crippen LogP contribution in [0, 0.1) is 11.3 Å². The summed E-state index contributed by atoms with van der Waals surface area (Å²) in [6, 6.07) is 16.8. The topological polar surface area (TPSA) is 12.9 Å². The largest absolute Gasteiger partial charge is 0.253 e. The molecule has 0 saturated carbocycles. The molecule has 0 bridgehead atoms. The highest BCUT2D eigenvalue weighted by Crippen LogP contribution is 2.44. The van der Waals surface area contributed by atoms with Crippen LogP contribution in [0.5, 0.6) is 0 Å². The fourth-order valence-electron chi connectivity index (χ4n) is 4.30. The van der Waals surface area contributed by atoms with Gasteiger partial charge in [0, 0.05) is 16.1 Å². The monoisotopic (exact) mass is 399 g/mol. The van der Waals surface area contributed by atoms with Gasteiger partial charge in [0.15, 0.2) is 0 Å². The predicted molar refractivity (Wildman–Crippen MR) is 119 cm³/mol. The predicted octanol–water partition coefficient (Wildman–Crippen LogP) is 7.52. The van der Waals surface area contributed by atoms with E-state index in [9.17, 15) is 0 Å². The number of pyridine rings is 1. The first-order valence-electron chi connectivity index (χ1n) is 9.66. The summed E-state index contributed by atoms with van der Waals surface area (Å²) in [4.78, 5) is 5.03. The molecule has 1 heterocycles. The van der Waals surface area contributed by atoms with Crippen LogP contribution < -0.4 is 0 Å². The third-order valence-corrected chi connectivity index (χ3v) is 6.63. The molecule has 0 radical (unpaired) electrons. The molecule has 142 valence electrons. The minimum absolute atomic E-state index is 0. The first-order valence-corrected chi connectivity index (χ1v) is 10.0. The van der Waals surface area contributed by atoms with Crippen LogP contribution in [0.1, 0.15) is 44.9 Å². The molecule has 1 aliphatic rings. The summed E-state index contributed by atoms with van der Waals surface area (Å²) in [6.07, 6.45) is 4.62. The summed E-state index contributed by atoms with van der Waals surface area (Å²) < 4.78 is 0. The average Bonchev–Trinajstić information content (AvgIpc) is 2.66. The summed E-state index contributed by atoms with van der Waals surface area (Å²) in [5, 5.41) is 1.95. The van der Waals surface area contributed by atoms with E-state index >= 15 is 0 Å². The highest BCUT2D eigenvalue weighted by atomic mass is 35.5. The van der Waals surface area contributed by atoms with Crippen molar-refractivity contribution >= 4 is 34.9 Å². The standard InChI is InChI=1S/C24H26ClN.ClH/c1-4-24(2,3)17-10-12-21-19(14-17)23(16-8-6-5-7-9-16)20-15-18(25)11-13-22(20)26-21;/h5-9,11,13,15,17H,4,10,12,14H2,1-3H3;1H. The van der Waals surface area contributed by atoms with Crippen LogP contribution in [-0.4, -0.2) is 4.98 Å². The van der Waals surface area contributed by atoms with Gasteiger partial charge in [-0.2, -0.15) is 0 Å². The lowest BCUT2D eigenvalue weighted by Crippen LogP contribution is -2.29. The third-order valence-electron chi connectivity index (χ3n) is 6.39. The average molecular weight is 400 g/mol. The number of nitrogens with zero attached hydrogens (tertiary/aromatic N) is 1. The summed E-state index contributed by atoms with van der Waals surface area (Å²) in [5.41, 5.74) is 6.73. The lowest BCUT2D eigenvalue weighted by atomic mass is 9.68. The molecule has 0 aliphatic heterocycles. The van der Waals surface area contributed by atoms with Gasteiger partial charge in [0.25, 0.3) is 0 Å². The number of fused-ring (bicyclic) bond motifs is 2.